The number of carboxylic acid groups (broad SMARTS) is 1. The molecule has 3 aromatic rings. The van der Waals surface area contributed by atoms with Crippen LogP contribution >= 0.6 is 0 Å². The number of aliphatic carboxylic acids is 1. The quantitative estimate of drug-likeness (QED) is 0.219. The maximum Gasteiger partial charge on any atom is 1.00 e. The van der Waals surface area contributed by atoms with Gasteiger partial charge in [-0.05, 0) is 68.4 Å². The molecule has 0 aliphatic rings. The molecule has 0 spiro atoms. The first-order valence-corrected chi connectivity index (χ1v) is 12.3. The molecule has 2 aromatic carbocycles. The zero-order valence-electron chi connectivity index (χ0n) is 21.4. The molecule has 0 amide bonds. The number of carboxylic acids is 1. The van der Waals surface area contributed by atoms with E-state index >= 15 is 0 Å². The van der Waals surface area contributed by atoms with E-state index in [4.69, 9.17) is 4.74 Å². The number of unbranched alkanes of at least 4 members (excludes halogenated alkanes) is 3. The number of hydrogen-bond donors (Lipinski definition) is 1. The summed E-state index contributed by atoms with van der Waals surface area (Å²) in [4.78, 5) is 15.0. The molecule has 9 heteroatoms. The van der Waals surface area contributed by atoms with Gasteiger partial charge in [0.25, 0.3) is 0 Å². The van der Waals surface area contributed by atoms with Gasteiger partial charge >= 0.3 is 35.7 Å². The average Bonchev–Trinajstić information content (AvgIpc) is 2.87. The minimum Gasteiger partial charge on any atom is -0.550 e. The molecule has 0 aliphatic heterocycles. The van der Waals surface area contributed by atoms with Crippen molar-refractivity contribution in [2.75, 3.05) is 6.61 Å². The Kier molecular flexibility index (Phi) is 13.1. The molecular weight excluding hydrogens is 506 g/mol. The number of aliphatic hydroxyl groups is 1. The maximum absolute atomic E-state index is 12.7. The predicted octanol–water partition coefficient (Wildman–Crippen LogP) is 2.40. The SMILES string of the molecule is O=C([O-])CCCC#CCC(O)c1cc2ccccc2nc1OCCCCCc1ccc(C(F)(F)F)cc1.[Na+]. The normalized spacial score (nSPS) is 11.8. The maximum atomic E-state index is 12.7. The van der Waals surface area contributed by atoms with Crippen LogP contribution in [0, 0.1) is 11.8 Å². The molecule has 196 valence electrons. The number of aromatic nitrogens is 1. The number of rotatable bonds is 12. The first-order chi connectivity index (χ1) is 17.7. The number of nitrogens with zero attached hydrogens (tertiary/aromatic N) is 1. The summed E-state index contributed by atoms with van der Waals surface area (Å²) < 4.78 is 44.0. The number of ether oxygens (including phenoxy) is 1. The summed E-state index contributed by atoms with van der Waals surface area (Å²) in [6.45, 7) is 0.382. The van der Waals surface area contributed by atoms with Crippen LogP contribution < -0.4 is 39.4 Å². The molecule has 0 saturated carbocycles. The molecular formula is C29H29F3NNaO4. The van der Waals surface area contributed by atoms with Crippen LogP contribution in [0.5, 0.6) is 5.88 Å². The Labute approximate surface area is 242 Å². The van der Waals surface area contributed by atoms with E-state index in [2.05, 4.69) is 16.8 Å². The smallest absolute Gasteiger partial charge is 0.550 e. The number of aryl methyl sites for hydroxylation is 1. The zero-order valence-corrected chi connectivity index (χ0v) is 23.4. The Morgan fingerprint density at radius 2 is 1.76 bits per heavy atom. The van der Waals surface area contributed by atoms with Crippen LogP contribution in [-0.2, 0) is 17.4 Å². The van der Waals surface area contributed by atoms with Crippen molar-refractivity contribution in [1.82, 2.24) is 4.98 Å². The number of alkyl halides is 3. The van der Waals surface area contributed by atoms with Gasteiger partial charge in [-0.3, -0.25) is 0 Å². The molecule has 1 unspecified atom stereocenters. The fourth-order valence-electron chi connectivity index (χ4n) is 3.79. The Morgan fingerprint density at radius 3 is 2.47 bits per heavy atom. The molecule has 0 fully saturated rings. The third kappa shape index (κ3) is 10.3. The van der Waals surface area contributed by atoms with Gasteiger partial charge in [-0.25, -0.2) is 4.98 Å². The summed E-state index contributed by atoms with van der Waals surface area (Å²) in [5, 5.41) is 22.1. The number of para-hydroxylation sites is 1. The minimum atomic E-state index is -4.33. The van der Waals surface area contributed by atoms with Gasteiger partial charge in [-0.1, -0.05) is 30.3 Å². The topological polar surface area (TPSA) is 82.5 Å². The first kappa shape index (κ1) is 31.6. The summed E-state index contributed by atoms with van der Waals surface area (Å²) in [7, 11) is 0. The Bertz CT molecular complexity index is 1240. The van der Waals surface area contributed by atoms with Gasteiger partial charge in [0.15, 0.2) is 0 Å². The largest absolute Gasteiger partial charge is 1.00 e. The number of aliphatic hydroxyl groups excluding tert-OH is 1. The van der Waals surface area contributed by atoms with Crippen molar-refractivity contribution in [3.05, 3.63) is 71.3 Å². The Morgan fingerprint density at radius 1 is 1.03 bits per heavy atom. The Hall–Kier alpha value is -2.57. The Balaban J connectivity index is 0.00000507. The van der Waals surface area contributed by atoms with Gasteiger partial charge in [0.05, 0.1) is 23.8 Å². The number of carbonyl (C=O) groups excluding carboxylic acids is 1. The van der Waals surface area contributed by atoms with E-state index in [0.717, 1.165) is 47.9 Å². The van der Waals surface area contributed by atoms with Crippen molar-refractivity contribution in [1.29, 1.82) is 0 Å². The number of halogens is 3. The van der Waals surface area contributed by atoms with Crippen molar-refractivity contribution in [3.8, 4) is 17.7 Å². The average molecular weight is 536 g/mol. The summed E-state index contributed by atoms with van der Waals surface area (Å²) in [5.74, 6) is 4.99. The van der Waals surface area contributed by atoms with Gasteiger partial charge in [-0.15, -0.1) is 11.8 Å². The van der Waals surface area contributed by atoms with Gasteiger partial charge in [-0.2, -0.15) is 13.2 Å². The van der Waals surface area contributed by atoms with E-state index in [9.17, 15) is 28.2 Å². The van der Waals surface area contributed by atoms with Crippen LogP contribution in [0.2, 0.25) is 0 Å². The van der Waals surface area contributed by atoms with E-state index in [1.807, 2.05) is 30.3 Å². The van der Waals surface area contributed by atoms with E-state index in [1.165, 1.54) is 12.1 Å². The molecule has 1 aromatic heterocycles. The van der Waals surface area contributed by atoms with Crippen LogP contribution in [0.25, 0.3) is 10.9 Å². The fourth-order valence-corrected chi connectivity index (χ4v) is 3.79. The molecule has 1 N–H and O–H groups in total. The molecule has 5 nitrogen and oxygen atoms in total. The van der Waals surface area contributed by atoms with Crippen molar-refractivity contribution >= 4 is 16.9 Å². The number of fused-ring (bicyclic) bond motifs is 1. The molecule has 3 rings (SSSR count). The van der Waals surface area contributed by atoms with E-state index in [1.54, 1.807) is 0 Å². The van der Waals surface area contributed by atoms with Crippen molar-refractivity contribution in [3.63, 3.8) is 0 Å². The number of hydrogen-bond acceptors (Lipinski definition) is 5. The van der Waals surface area contributed by atoms with Crippen molar-refractivity contribution < 1.29 is 62.5 Å². The number of pyridine rings is 1. The number of benzene rings is 2. The van der Waals surface area contributed by atoms with E-state index in [-0.39, 0.29) is 42.4 Å². The van der Waals surface area contributed by atoms with Crippen LogP contribution in [0.4, 0.5) is 13.2 Å². The molecule has 38 heavy (non-hydrogen) atoms. The van der Waals surface area contributed by atoms with Gasteiger partial charge in [0.2, 0.25) is 5.88 Å². The summed E-state index contributed by atoms with van der Waals surface area (Å²) >= 11 is 0. The molecule has 0 radical (unpaired) electrons. The van der Waals surface area contributed by atoms with Gasteiger partial charge in [0, 0.05) is 29.8 Å². The molecule has 1 atom stereocenters. The molecule has 1 heterocycles. The van der Waals surface area contributed by atoms with E-state index in [0.29, 0.717) is 37.3 Å². The second-order valence-electron chi connectivity index (χ2n) is 8.73. The van der Waals surface area contributed by atoms with E-state index < -0.39 is 23.8 Å². The first-order valence-electron chi connectivity index (χ1n) is 12.3. The summed E-state index contributed by atoms with van der Waals surface area (Å²) in [6.07, 6.45) is -1.29. The second-order valence-corrected chi connectivity index (χ2v) is 8.73. The van der Waals surface area contributed by atoms with Gasteiger partial charge in [0.1, 0.15) is 0 Å². The molecule has 0 saturated heterocycles. The van der Waals surface area contributed by atoms with Crippen LogP contribution in [0.1, 0.15) is 67.7 Å². The third-order valence-corrected chi connectivity index (χ3v) is 5.81. The van der Waals surface area contributed by atoms with Crippen molar-refractivity contribution in [2.45, 2.75) is 63.6 Å². The van der Waals surface area contributed by atoms with Crippen molar-refractivity contribution in [2.24, 2.45) is 0 Å². The summed E-state index contributed by atoms with van der Waals surface area (Å²) in [6, 6.07) is 14.6. The second kappa shape index (κ2) is 15.7. The number of carbonyl (C=O) groups is 1. The van der Waals surface area contributed by atoms with Crippen LogP contribution in [0.3, 0.4) is 0 Å². The van der Waals surface area contributed by atoms with Gasteiger partial charge < -0.3 is 19.7 Å². The standard InChI is InChI=1S/C29H30F3NO4.Na/c30-29(31,32)23-17-15-21(16-18-23)10-4-3-9-19-37-28-24(20-22-11-7-8-12-25(22)33-28)26(34)13-5-1-2-6-14-27(35)36;/h7-8,11-12,15-18,20,26,34H,2-4,6,9-10,13-14,19H2,(H,35,36);/q;+1/p-1. The predicted molar refractivity (Wildman–Crippen MR) is 132 cm³/mol. The van der Waals surface area contributed by atoms with Crippen LogP contribution in [0.15, 0.2) is 54.6 Å². The molecule has 0 aliphatic carbocycles. The van der Waals surface area contributed by atoms with Crippen LogP contribution in [-0.4, -0.2) is 22.7 Å². The summed E-state index contributed by atoms with van der Waals surface area (Å²) in [5.41, 5.74) is 1.49. The monoisotopic (exact) mass is 535 g/mol. The molecule has 0 bridgehead atoms. The zero-order chi connectivity index (χ0) is 26.7. The third-order valence-electron chi connectivity index (χ3n) is 5.81. The fraction of sp³-hybridized carbons (Fsp3) is 0.379. The minimum absolute atomic E-state index is 0.